The number of carbonyl (C=O) groups excluding carboxylic acids is 2. The van der Waals surface area contributed by atoms with E-state index in [2.05, 4.69) is 5.32 Å². The molecule has 1 aliphatic carbocycles. The van der Waals surface area contributed by atoms with Gasteiger partial charge in [0.15, 0.2) is 0 Å². The lowest BCUT2D eigenvalue weighted by atomic mass is 9.95. The predicted octanol–water partition coefficient (Wildman–Crippen LogP) is 3.92. The zero-order valence-electron chi connectivity index (χ0n) is 13.8. The van der Waals surface area contributed by atoms with E-state index in [0.29, 0.717) is 21.2 Å². The summed E-state index contributed by atoms with van der Waals surface area (Å²) in [7, 11) is 0. The van der Waals surface area contributed by atoms with E-state index in [9.17, 15) is 14.9 Å². The monoisotopic (exact) mass is 385 g/mol. The Balaban J connectivity index is 1.89. The van der Waals surface area contributed by atoms with Gasteiger partial charge >= 0.3 is 0 Å². The van der Waals surface area contributed by atoms with Crippen molar-refractivity contribution >= 4 is 45.8 Å². The normalized spacial score (nSPS) is 13.6. The molecule has 0 saturated heterocycles. The molecular formula is C19H16ClN3O2S. The fourth-order valence-electron chi connectivity index (χ4n) is 2.96. The summed E-state index contributed by atoms with van der Waals surface area (Å²) in [6.45, 7) is 0. The number of thiophene rings is 1. The lowest BCUT2D eigenvalue weighted by Gasteiger charge is -2.11. The van der Waals surface area contributed by atoms with Crippen LogP contribution in [0.15, 0.2) is 29.8 Å². The zero-order valence-corrected chi connectivity index (χ0v) is 15.4. The first kappa shape index (κ1) is 18.2. The molecule has 0 unspecified atom stereocenters. The fraction of sp³-hybridized carbons (Fsp3) is 0.211. The van der Waals surface area contributed by atoms with Gasteiger partial charge < -0.3 is 11.1 Å². The first-order chi connectivity index (χ1) is 12.5. The second kappa shape index (κ2) is 7.73. The smallest absolute Gasteiger partial charge is 0.266 e. The van der Waals surface area contributed by atoms with Crippen LogP contribution in [0.3, 0.4) is 0 Å². The number of aryl methyl sites for hydroxylation is 1. The van der Waals surface area contributed by atoms with E-state index in [0.717, 1.165) is 36.1 Å². The summed E-state index contributed by atoms with van der Waals surface area (Å²) in [5, 5.41) is 13.0. The molecule has 5 nitrogen and oxygen atoms in total. The number of fused-ring (bicyclic) bond motifs is 1. The number of anilines is 1. The molecule has 1 aromatic carbocycles. The summed E-state index contributed by atoms with van der Waals surface area (Å²) < 4.78 is 0. The highest BCUT2D eigenvalue weighted by atomic mass is 35.5. The number of hydrogen-bond acceptors (Lipinski definition) is 4. The minimum Gasteiger partial charge on any atom is -0.365 e. The molecule has 2 amide bonds. The minimum atomic E-state index is -0.566. The first-order valence-corrected chi connectivity index (χ1v) is 9.32. The number of carbonyl (C=O) groups is 2. The highest BCUT2D eigenvalue weighted by molar-refractivity contribution is 7.17. The van der Waals surface area contributed by atoms with Crippen molar-refractivity contribution in [2.75, 3.05) is 5.32 Å². The molecule has 0 bridgehead atoms. The van der Waals surface area contributed by atoms with Crippen molar-refractivity contribution in [3.05, 3.63) is 56.4 Å². The molecule has 1 aliphatic rings. The molecule has 0 spiro atoms. The second-order valence-corrected chi connectivity index (χ2v) is 7.50. The predicted molar refractivity (Wildman–Crippen MR) is 103 cm³/mol. The average molecular weight is 386 g/mol. The van der Waals surface area contributed by atoms with Gasteiger partial charge in [-0.05, 0) is 55.0 Å². The molecule has 1 aromatic heterocycles. The third-order valence-electron chi connectivity index (χ3n) is 4.19. The Bertz CT molecular complexity index is 939. The number of nitrogens with two attached hydrogens (primary N) is 1. The van der Waals surface area contributed by atoms with E-state index in [1.54, 1.807) is 24.3 Å². The summed E-state index contributed by atoms with van der Waals surface area (Å²) in [4.78, 5) is 25.5. The van der Waals surface area contributed by atoms with E-state index in [1.165, 1.54) is 17.4 Å². The number of hydrogen-bond donors (Lipinski definition) is 2. The van der Waals surface area contributed by atoms with Gasteiger partial charge in [0.2, 0.25) is 0 Å². The van der Waals surface area contributed by atoms with Gasteiger partial charge in [0, 0.05) is 9.90 Å². The molecule has 2 aromatic rings. The minimum absolute atomic E-state index is 0.0610. The van der Waals surface area contributed by atoms with Crippen LogP contribution in [0.5, 0.6) is 0 Å². The zero-order chi connectivity index (χ0) is 18.7. The Morgan fingerprint density at radius 2 is 1.92 bits per heavy atom. The molecule has 0 saturated carbocycles. The maximum Gasteiger partial charge on any atom is 0.266 e. The summed E-state index contributed by atoms with van der Waals surface area (Å²) in [5.41, 5.74) is 7.46. The van der Waals surface area contributed by atoms with Crippen molar-refractivity contribution in [1.29, 1.82) is 5.26 Å². The summed E-state index contributed by atoms with van der Waals surface area (Å²) in [6.07, 6.45) is 5.19. The van der Waals surface area contributed by atoms with Crippen molar-refractivity contribution in [3.63, 3.8) is 0 Å². The lowest BCUT2D eigenvalue weighted by molar-refractivity contribution is -0.112. The molecule has 0 radical (unpaired) electrons. The Kier molecular flexibility index (Phi) is 5.40. The summed E-state index contributed by atoms with van der Waals surface area (Å²) >= 11 is 7.21. The van der Waals surface area contributed by atoms with Gasteiger partial charge in [0.05, 0.1) is 5.56 Å². The molecule has 0 atom stereocenters. The second-order valence-electron chi connectivity index (χ2n) is 5.95. The largest absolute Gasteiger partial charge is 0.365 e. The molecule has 3 N–H and O–H groups in total. The van der Waals surface area contributed by atoms with Gasteiger partial charge in [-0.1, -0.05) is 23.7 Å². The van der Waals surface area contributed by atoms with Gasteiger partial charge in [-0.3, -0.25) is 9.59 Å². The third kappa shape index (κ3) is 3.79. The lowest BCUT2D eigenvalue weighted by Crippen LogP contribution is -2.19. The van der Waals surface area contributed by atoms with Crippen molar-refractivity contribution < 1.29 is 9.59 Å². The van der Waals surface area contributed by atoms with Gasteiger partial charge in [0.25, 0.3) is 11.8 Å². The maximum absolute atomic E-state index is 12.5. The number of benzene rings is 1. The number of nitriles is 1. The third-order valence-corrected chi connectivity index (χ3v) is 5.65. The number of nitrogens with zero attached hydrogens (tertiary/aromatic N) is 1. The van der Waals surface area contributed by atoms with Crippen LogP contribution in [0.2, 0.25) is 5.02 Å². The molecule has 26 heavy (non-hydrogen) atoms. The summed E-state index contributed by atoms with van der Waals surface area (Å²) in [5.74, 6) is -1.12. The number of rotatable bonds is 4. The molecule has 7 heteroatoms. The molecule has 132 valence electrons. The highest BCUT2D eigenvalue weighted by Gasteiger charge is 2.25. The van der Waals surface area contributed by atoms with Gasteiger partial charge in [-0.2, -0.15) is 5.26 Å². The SMILES string of the molecule is N#C/C(=C\c1ccc(Cl)cc1)C(=O)Nc1sc2c(c1C(N)=O)CCCC2. The van der Waals surface area contributed by atoms with Crippen LogP contribution >= 0.6 is 22.9 Å². The highest BCUT2D eigenvalue weighted by Crippen LogP contribution is 2.38. The van der Waals surface area contributed by atoms with Crippen LogP contribution in [0.4, 0.5) is 5.00 Å². The molecule has 0 aliphatic heterocycles. The van der Waals surface area contributed by atoms with E-state index in [-0.39, 0.29) is 5.57 Å². The molecule has 1 heterocycles. The quantitative estimate of drug-likeness (QED) is 0.616. The van der Waals surface area contributed by atoms with E-state index in [1.807, 2.05) is 6.07 Å². The number of primary amides is 1. The Morgan fingerprint density at radius 1 is 1.23 bits per heavy atom. The first-order valence-electron chi connectivity index (χ1n) is 8.12. The average Bonchev–Trinajstić information content (AvgIpc) is 2.99. The van der Waals surface area contributed by atoms with Crippen LogP contribution < -0.4 is 11.1 Å². The molecule has 0 fully saturated rings. The van der Waals surface area contributed by atoms with Crippen LogP contribution in [-0.2, 0) is 17.6 Å². The van der Waals surface area contributed by atoms with Gasteiger partial charge in [-0.25, -0.2) is 0 Å². The molecule has 3 rings (SSSR count). The van der Waals surface area contributed by atoms with Crippen LogP contribution in [0.1, 0.15) is 39.2 Å². The topological polar surface area (TPSA) is 96.0 Å². The molecular weight excluding hydrogens is 370 g/mol. The van der Waals surface area contributed by atoms with Crippen molar-refractivity contribution in [2.45, 2.75) is 25.7 Å². The Morgan fingerprint density at radius 3 is 2.58 bits per heavy atom. The van der Waals surface area contributed by atoms with Crippen molar-refractivity contribution in [3.8, 4) is 6.07 Å². The summed E-state index contributed by atoms with van der Waals surface area (Å²) in [6, 6.07) is 8.69. The Labute approximate surface area is 160 Å². The fourth-order valence-corrected chi connectivity index (χ4v) is 4.38. The number of nitrogens with one attached hydrogen (secondary N) is 1. The van der Waals surface area contributed by atoms with E-state index < -0.39 is 11.8 Å². The van der Waals surface area contributed by atoms with Crippen LogP contribution in [0.25, 0.3) is 6.08 Å². The maximum atomic E-state index is 12.5. The van der Waals surface area contributed by atoms with Crippen LogP contribution in [-0.4, -0.2) is 11.8 Å². The standard InChI is InChI=1S/C19H16ClN3O2S/c20-13-7-5-11(6-8-13)9-12(10-21)18(25)23-19-16(17(22)24)14-3-1-2-4-15(14)26-19/h5-9H,1-4H2,(H2,22,24)(H,23,25)/b12-9+. The van der Waals surface area contributed by atoms with Gasteiger partial charge in [0.1, 0.15) is 16.6 Å². The Hall–Kier alpha value is -2.62. The van der Waals surface area contributed by atoms with Gasteiger partial charge in [-0.15, -0.1) is 11.3 Å². The van der Waals surface area contributed by atoms with E-state index >= 15 is 0 Å². The number of halogens is 1. The van der Waals surface area contributed by atoms with Crippen LogP contribution in [0, 0.1) is 11.3 Å². The number of amides is 2. The van der Waals surface area contributed by atoms with Crippen molar-refractivity contribution in [1.82, 2.24) is 0 Å². The van der Waals surface area contributed by atoms with E-state index in [4.69, 9.17) is 17.3 Å². The van der Waals surface area contributed by atoms with Crippen molar-refractivity contribution in [2.24, 2.45) is 5.73 Å².